The predicted octanol–water partition coefficient (Wildman–Crippen LogP) is 2.75. The Kier molecular flexibility index (Phi) is 12.0. The monoisotopic (exact) mass is 518 g/mol. The first kappa shape index (κ1) is 25.5. The Labute approximate surface area is 191 Å². The summed E-state index contributed by atoms with van der Waals surface area (Å²) >= 11 is 0. The molecule has 1 amide bonds. The fourth-order valence-corrected chi connectivity index (χ4v) is 2.99. The number of hydrogen-bond donors (Lipinski definition) is 3. The van der Waals surface area contributed by atoms with Crippen molar-refractivity contribution in [1.82, 2.24) is 16.0 Å². The van der Waals surface area contributed by atoms with Gasteiger partial charge >= 0.3 is 0 Å². The normalized spacial score (nSPS) is 16.3. The number of guanidine groups is 1. The van der Waals surface area contributed by atoms with Gasteiger partial charge in [0, 0.05) is 44.8 Å². The minimum Gasteiger partial charge on any atom is -0.491 e. The van der Waals surface area contributed by atoms with E-state index in [1.165, 1.54) is 0 Å². The molecule has 1 atom stereocenters. The number of aliphatic imine (C=N–C) groups is 1. The summed E-state index contributed by atoms with van der Waals surface area (Å²) in [4.78, 5) is 15.9. The number of benzene rings is 1. The maximum absolute atomic E-state index is 11.7. The van der Waals surface area contributed by atoms with Crippen LogP contribution in [0.1, 0.15) is 44.2 Å². The molecule has 0 bridgehead atoms. The molecule has 1 fully saturated rings. The summed E-state index contributed by atoms with van der Waals surface area (Å²) in [7, 11) is 1.72. The van der Waals surface area contributed by atoms with Gasteiger partial charge in [-0.2, -0.15) is 0 Å². The third-order valence-corrected chi connectivity index (χ3v) is 4.44. The predicted molar refractivity (Wildman–Crippen MR) is 127 cm³/mol. The average molecular weight is 518 g/mol. The molecule has 0 spiro atoms. The van der Waals surface area contributed by atoms with Crippen molar-refractivity contribution in [1.29, 1.82) is 0 Å². The van der Waals surface area contributed by atoms with Crippen LogP contribution >= 0.6 is 24.0 Å². The fraction of sp³-hybridized carbons (Fsp3) is 0.619. The zero-order valence-corrected chi connectivity index (χ0v) is 20.2. The Morgan fingerprint density at radius 1 is 1.34 bits per heavy atom. The van der Waals surface area contributed by atoms with Gasteiger partial charge < -0.3 is 25.4 Å². The van der Waals surface area contributed by atoms with Crippen molar-refractivity contribution in [2.24, 2.45) is 4.99 Å². The third kappa shape index (κ3) is 9.66. The van der Waals surface area contributed by atoms with Crippen LogP contribution in [0.5, 0.6) is 5.75 Å². The van der Waals surface area contributed by atoms with Gasteiger partial charge in [0.05, 0.1) is 6.10 Å². The lowest BCUT2D eigenvalue weighted by atomic mass is 10.1. The van der Waals surface area contributed by atoms with Crippen LogP contribution in [0.2, 0.25) is 0 Å². The number of ether oxygens (including phenoxy) is 2. The lowest BCUT2D eigenvalue weighted by Crippen LogP contribution is -2.39. The van der Waals surface area contributed by atoms with Crippen LogP contribution in [0.3, 0.4) is 0 Å². The first-order chi connectivity index (χ1) is 13.5. The van der Waals surface area contributed by atoms with Crippen LogP contribution in [-0.4, -0.2) is 50.8 Å². The summed E-state index contributed by atoms with van der Waals surface area (Å²) < 4.78 is 11.7. The van der Waals surface area contributed by atoms with E-state index < -0.39 is 0 Å². The lowest BCUT2D eigenvalue weighted by Gasteiger charge is -2.17. The van der Waals surface area contributed by atoms with E-state index in [9.17, 15) is 4.79 Å². The first-order valence-corrected chi connectivity index (χ1v) is 10.1. The number of hydrogen-bond acceptors (Lipinski definition) is 4. The molecule has 7 nitrogen and oxygen atoms in total. The molecule has 164 valence electrons. The van der Waals surface area contributed by atoms with E-state index in [0.717, 1.165) is 36.3 Å². The van der Waals surface area contributed by atoms with Crippen LogP contribution in [0.4, 0.5) is 0 Å². The lowest BCUT2D eigenvalue weighted by molar-refractivity contribution is -0.121. The van der Waals surface area contributed by atoms with Crippen molar-refractivity contribution >= 4 is 35.8 Å². The maximum atomic E-state index is 11.7. The molecule has 1 heterocycles. The van der Waals surface area contributed by atoms with Gasteiger partial charge in [-0.15, -0.1) is 24.0 Å². The minimum absolute atomic E-state index is 0. The molecule has 0 aliphatic carbocycles. The number of carbonyl (C=O) groups is 1. The van der Waals surface area contributed by atoms with E-state index in [1.807, 2.05) is 13.8 Å². The second-order valence-corrected chi connectivity index (χ2v) is 7.38. The Morgan fingerprint density at radius 2 is 2.14 bits per heavy atom. The molecule has 1 aromatic carbocycles. The second kappa shape index (κ2) is 13.6. The van der Waals surface area contributed by atoms with E-state index in [1.54, 1.807) is 7.05 Å². The molecule has 29 heavy (non-hydrogen) atoms. The number of amides is 1. The molecule has 3 N–H and O–H groups in total. The SMILES string of the molecule is CN=C(NCCC(=O)NC(C)C)NCc1ccc(C)cc1OCC1CCCO1.I. The van der Waals surface area contributed by atoms with Gasteiger partial charge in [-0.1, -0.05) is 12.1 Å². The summed E-state index contributed by atoms with van der Waals surface area (Å²) in [6, 6.07) is 6.34. The highest BCUT2D eigenvalue weighted by atomic mass is 127. The molecular weight excluding hydrogens is 483 g/mol. The Bertz CT molecular complexity index is 661. The molecule has 1 aliphatic heterocycles. The van der Waals surface area contributed by atoms with Crippen molar-refractivity contribution in [3.63, 3.8) is 0 Å². The van der Waals surface area contributed by atoms with Crippen molar-refractivity contribution in [3.05, 3.63) is 29.3 Å². The second-order valence-electron chi connectivity index (χ2n) is 7.38. The first-order valence-electron chi connectivity index (χ1n) is 10.1. The molecule has 0 saturated carbocycles. The van der Waals surface area contributed by atoms with Gasteiger partial charge in [-0.3, -0.25) is 9.79 Å². The fourth-order valence-electron chi connectivity index (χ4n) is 2.99. The number of nitrogens with zero attached hydrogens (tertiary/aromatic N) is 1. The van der Waals surface area contributed by atoms with E-state index >= 15 is 0 Å². The number of carbonyl (C=O) groups excluding carboxylic acids is 1. The van der Waals surface area contributed by atoms with Crippen molar-refractivity contribution < 1.29 is 14.3 Å². The highest BCUT2D eigenvalue weighted by molar-refractivity contribution is 14.0. The number of rotatable bonds is 9. The Balaban J connectivity index is 0.00000420. The largest absolute Gasteiger partial charge is 0.491 e. The van der Waals surface area contributed by atoms with Crippen LogP contribution in [0.25, 0.3) is 0 Å². The van der Waals surface area contributed by atoms with E-state index in [2.05, 4.69) is 46.1 Å². The molecule has 1 unspecified atom stereocenters. The van der Waals surface area contributed by atoms with Gasteiger partial charge in [0.15, 0.2) is 5.96 Å². The van der Waals surface area contributed by atoms with Crippen LogP contribution in [0, 0.1) is 6.92 Å². The zero-order chi connectivity index (χ0) is 20.4. The molecule has 1 saturated heterocycles. The standard InChI is InChI=1S/C21H34N4O3.HI/c1-15(2)25-20(26)9-10-23-21(22-4)24-13-17-8-7-16(3)12-19(17)28-14-18-6-5-11-27-18;/h7-8,12,15,18H,5-6,9-11,13-14H2,1-4H3,(H,25,26)(H2,22,23,24);1H. The molecular formula is C21H35IN4O3. The topological polar surface area (TPSA) is 84.0 Å². The molecule has 1 aromatic rings. The quantitative estimate of drug-likeness (QED) is 0.266. The zero-order valence-electron chi connectivity index (χ0n) is 17.9. The number of aryl methyl sites for hydroxylation is 1. The summed E-state index contributed by atoms with van der Waals surface area (Å²) in [5, 5.41) is 9.33. The number of halogens is 1. The highest BCUT2D eigenvalue weighted by Crippen LogP contribution is 2.22. The van der Waals surface area contributed by atoms with Crippen molar-refractivity contribution in [2.75, 3.05) is 26.8 Å². The van der Waals surface area contributed by atoms with E-state index in [4.69, 9.17) is 9.47 Å². The van der Waals surface area contributed by atoms with Crippen LogP contribution in [0.15, 0.2) is 23.2 Å². The van der Waals surface area contributed by atoms with E-state index in [-0.39, 0.29) is 42.0 Å². The molecule has 8 heteroatoms. The number of nitrogens with one attached hydrogen (secondary N) is 3. The third-order valence-electron chi connectivity index (χ3n) is 4.44. The summed E-state index contributed by atoms with van der Waals surface area (Å²) in [5.74, 6) is 1.55. The Morgan fingerprint density at radius 3 is 2.79 bits per heavy atom. The van der Waals surface area contributed by atoms with Gasteiger partial charge in [0.2, 0.25) is 5.91 Å². The maximum Gasteiger partial charge on any atom is 0.221 e. The minimum atomic E-state index is 0. The van der Waals surface area contributed by atoms with Crippen molar-refractivity contribution in [2.45, 2.75) is 58.7 Å². The molecule has 2 rings (SSSR count). The highest BCUT2D eigenvalue weighted by Gasteiger charge is 2.17. The average Bonchev–Trinajstić information content (AvgIpc) is 3.16. The molecule has 1 aliphatic rings. The van der Waals surface area contributed by atoms with Gasteiger partial charge in [0.25, 0.3) is 0 Å². The van der Waals surface area contributed by atoms with Gasteiger partial charge in [-0.25, -0.2) is 0 Å². The summed E-state index contributed by atoms with van der Waals surface area (Å²) in [6.45, 7) is 8.46. The van der Waals surface area contributed by atoms with Gasteiger partial charge in [-0.05, 0) is 45.2 Å². The molecule has 0 aromatic heterocycles. The van der Waals surface area contributed by atoms with Crippen molar-refractivity contribution in [3.8, 4) is 5.75 Å². The van der Waals surface area contributed by atoms with Crippen LogP contribution in [-0.2, 0) is 16.1 Å². The van der Waals surface area contributed by atoms with E-state index in [0.29, 0.717) is 32.1 Å². The van der Waals surface area contributed by atoms with Gasteiger partial charge in [0.1, 0.15) is 12.4 Å². The molecule has 0 radical (unpaired) electrons. The van der Waals surface area contributed by atoms with Crippen LogP contribution < -0.4 is 20.7 Å². The smallest absolute Gasteiger partial charge is 0.221 e. The summed E-state index contributed by atoms with van der Waals surface area (Å²) in [6.07, 6.45) is 2.75. The summed E-state index contributed by atoms with van der Waals surface area (Å²) in [5.41, 5.74) is 2.22. The Hall–Kier alpha value is -1.55.